The zero-order valence-electron chi connectivity index (χ0n) is 17.0. The van der Waals surface area contributed by atoms with Crippen LogP contribution < -0.4 is 4.74 Å². The summed E-state index contributed by atoms with van der Waals surface area (Å²) in [7, 11) is 0. The highest BCUT2D eigenvalue weighted by atomic mass is 16.5. The normalized spacial score (nSPS) is 12.6. The first-order valence-corrected chi connectivity index (χ1v) is 9.94. The number of amides is 2. The molecule has 1 aliphatic rings. The van der Waals surface area contributed by atoms with Crippen molar-refractivity contribution in [3.8, 4) is 5.75 Å². The zero-order valence-corrected chi connectivity index (χ0v) is 17.0. The summed E-state index contributed by atoms with van der Waals surface area (Å²) in [6.45, 7) is 2.21. The van der Waals surface area contributed by atoms with Gasteiger partial charge in [0.05, 0.1) is 17.7 Å². The van der Waals surface area contributed by atoms with Gasteiger partial charge < -0.3 is 9.47 Å². The van der Waals surface area contributed by atoms with E-state index in [0.29, 0.717) is 23.5 Å². The number of carbonyl (C=O) groups excluding carboxylic acids is 3. The molecule has 3 aromatic rings. The molecule has 0 fully saturated rings. The van der Waals surface area contributed by atoms with Gasteiger partial charge in [-0.3, -0.25) is 14.5 Å². The van der Waals surface area contributed by atoms with E-state index < -0.39 is 5.97 Å². The number of para-hydroxylation sites is 1. The van der Waals surface area contributed by atoms with E-state index in [1.807, 2.05) is 31.2 Å². The minimum atomic E-state index is -0.573. The Kier molecular flexibility index (Phi) is 5.80. The van der Waals surface area contributed by atoms with Crippen LogP contribution >= 0.6 is 0 Å². The number of hydrogen-bond acceptors (Lipinski definition) is 5. The SMILES string of the molecule is Cc1cccc(COc2ccccc2C(=O)OCCN2C(=O)c3ccccc3C2=O)c1. The van der Waals surface area contributed by atoms with E-state index in [4.69, 9.17) is 9.47 Å². The Bertz CT molecular complexity index is 1120. The highest BCUT2D eigenvalue weighted by Gasteiger charge is 2.34. The maximum Gasteiger partial charge on any atom is 0.341 e. The van der Waals surface area contributed by atoms with Gasteiger partial charge in [-0.1, -0.05) is 54.1 Å². The molecule has 1 aliphatic heterocycles. The lowest BCUT2D eigenvalue weighted by atomic mass is 10.1. The number of ether oxygens (including phenoxy) is 2. The molecule has 3 aromatic carbocycles. The largest absolute Gasteiger partial charge is 0.488 e. The number of hydrogen-bond donors (Lipinski definition) is 0. The number of carbonyl (C=O) groups is 3. The number of rotatable bonds is 7. The number of fused-ring (bicyclic) bond motifs is 1. The molecule has 0 radical (unpaired) electrons. The number of nitrogens with zero attached hydrogens (tertiary/aromatic N) is 1. The van der Waals surface area contributed by atoms with Gasteiger partial charge in [0.1, 0.15) is 24.5 Å². The van der Waals surface area contributed by atoms with Gasteiger partial charge in [-0.05, 0) is 36.8 Å². The molecule has 4 rings (SSSR count). The molecule has 0 saturated carbocycles. The number of aryl methyl sites for hydroxylation is 1. The Morgan fingerprint density at radius 1 is 0.871 bits per heavy atom. The summed E-state index contributed by atoms with van der Waals surface area (Å²) in [5.74, 6) is -0.914. The molecule has 2 amide bonds. The molecule has 6 heteroatoms. The van der Waals surface area contributed by atoms with Gasteiger partial charge >= 0.3 is 5.97 Å². The standard InChI is InChI=1S/C25H21NO5/c1-17-7-6-8-18(15-17)16-31-22-12-5-4-11-21(22)25(29)30-14-13-26-23(27)19-9-2-3-10-20(19)24(26)28/h2-12,15H,13-14,16H2,1H3. The van der Waals surface area contributed by atoms with Crippen molar-refractivity contribution in [3.05, 3.63) is 101 Å². The Morgan fingerprint density at radius 2 is 1.55 bits per heavy atom. The van der Waals surface area contributed by atoms with Crippen LogP contribution in [0.25, 0.3) is 0 Å². The van der Waals surface area contributed by atoms with Crippen LogP contribution in [0.5, 0.6) is 5.75 Å². The summed E-state index contributed by atoms with van der Waals surface area (Å²) in [4.78, 5) is 38.5. The van der Waals surface area contributed by atoms with E-state index in [9.17, 15) is 14.4 Å². The predicted molar refractivity (Wildman–Crippen MR) is 114 cm³/mol. The Balaban J connectivity index is 1.36. The quantitative estimate of drug-likeness (QED) is 0.430. The lowest BCUT2D eigenvalue weighted by Gasteiger charge is -2.15. The molecule has 31 heavy (non-hydrogen) atoms. The summed E-state index contributed by atoms with van der Waals surface area (Å²) in [5, 5.41) is 0. The van der Waals surface area contributed by atoms with E-state index in [-0.39, 0.29) is 30.5 Å². The zero-order chi connectivity index (χ0) is 21.8. The molecule has 0 aliphatic carbocycles. The molecule has 156 valence electrons. The molecule has 0 atom stereocenters. The lowest BCUT2D eigenvalue weighted by Crippen LogP contribution is -2.33. The molecule has 0 unspecified atom stereocenters. The third-order valence-electron chi connectivity index (χ3n) is 5.01. The van der Waals surface area contributed by atoms with Gasteiger partial charge in [-0.25, -0.2) is 4.79 Å². The minimum absolute atomic E-state index is 0.00952. The van der Waals surface area contributed by atoms with Gasteiger partial charge in [-0.15, -0.1) is 0 Å². The maximum atomic E-state index is 12.6. The second-order valence-electron chi connectivity index (χ2n) is 7.22. The Hall–Kier alpha value is -3.93. The van der Waals surface area contributed by atoms with Crippen LogP contribution in [-0.2, 0) is 11.3 Å². The van der Waals surface area contributed by atoms with Crippen LogP contribution in [0.4, 0.5) is 0 Å². The Labute approximate surface area is 180 Å². The molecule has 0 spiro atoms. The highest BCUT2D eigenvalue weighted by molar-refractivity contribution is 6.21. The average Bonchev–Trinajstić information content (AvgIpc) is 3.03. The van der Waals surface area contributed by atoms with Gasteiger partial charge in [0.25, 0.3) is 11.8 Å². The van der Waals surface area contributed by atoms with Crippen molar-refractivity contribution in [3.63, 3.8) is 0 Å². The van der Waals surface area contributed by atoms with Crippen molar-refractivity contribution >= 4 is 17.8 Å². The molecule has 0 aromatic heterocycles. The van der Waals surface area contributed by atoms with Crippen molar-refractivity contribution in [1.29, 1.82) is 0 Å². The first kappa shape index (κ1) is 20.3. The van der Waals surface area contributed by atoms with Gasteiger partial charge in [0.2, 0.25) is 0 Å². The first-order valence-electron chi connectivity index (χ1n) is 9.94. The third-order valence-corrected chi connectivity index (χ3v) is 5.01. The second-order valence-corrected chi connectivity index (χ2v) is 7.22. The van der Waals surface area contributed by atoms with Crippen molar-refractivity contribution in [2.75, 3.05) is 13.2 Å². The minimum Gasteiger partial charge on any atom is -0.488 e. The molecular formula is C25H21NO5. The van der Waals surface area contributed by atoms with Crippen LogP contribution in [0.1, 0.15) is 42.2 Å². The molecular weight excluding hydrogens is 394 g/mol. The fourth-order valence-corrected chi connectivity index (χ4v) is 3.47. The van der Waals surface area contributed by atoms with Crippen LogP contribution in [0.15, 0.2) is 72.8 Å². The van der Waals surface area contributed by atoms with E-state index >= 15 is 0 Å². The second kappa shape index (κ2) is 8.83. The van der Waals surface area contributed by atoms with Crippen molar-refractivity contribution in [2.45, 2.75) is 13.5 Å². The van der Waals surface area contributed by atoms with Gasteiger partial charge in [0.15, 0.2) is 0 Å². The topological polar surface area (TPSA) is 72.9 Å². The maximum absolute atomic E-state index is 12.6. The van der Waals surface area contributed by atoms with Crippen LogP contribution in [0.3, 0.4) is 0 Å². The summed E-state index contributed by atoms with van der Waals surface area (Å²) >= 11 is 0. The summed E-state index contributed by atoms with van der Waals surface area (Å²) < 4.78 is 11.2. The van der Waals surface area contributed by atoms with Gasteiger partial charge in [-0.2, -0.15) is 0 Å². The van der Waals surface area contributed by atoms with Crippen LogP contribution in [0.2, 0.25) is 0 Å². The summed E-state index contributed by atoms with van der Waals surface area (Å²) in [6.07, 6.45) is 0. The number of benzene rings is 3. The van der Waals surface area contributed by atoms with E-state index in [1.54, 1.807) is 48.5 Å². The van der Waals surface area contributed by atoms with Crippen molar-refractivity contribution in [2.24, 2.45) is 0 Å². The van der Waals surface area contributed by atoms with Gasteiger partial charge in [0, 0.05) is 0 Å². The van der Waals surface area contributed by atoms with E-state index in [0.717, 1.165) is 16.0 Å². The molecule has 0 saturated heterocycles. The van der Waals surface area contributed by atoms with Crippen LogP contribution in [0, 0.1) is 6.92 Å². The first-order chi connectivity index (χ1) is 15.0. The van der Waals surface area contributed by atoms with E-state index in [2.05, 4.69) is 0 Å². The summed E-state index contributed by atoms with van der Waals surface area (Å²) in [5.41, 5.74) is 3.15. The fourth-order valence-electron chi connectivity index (χ4n) is 3.47. The molecule has 6 nitrogen and oxygen atoms in total. The van der Waals surface area contributed by atoms with Crippen molar-refractivity contribution in [1.82, 2.24) is 4.90 Å². The predicted octanol–water partition coefficient (Wildman–Crippen LogP) is 4.03. The Morgan fingerprint density at radius 3 is 2.26 bits per heavy atom. The average molecular weight is 415 g/mol. The smallest absolute Gasteiger partial charge is 0.341 e. The van der Waals surface area contributed by atoms with Crippen molar-refractivity contribution < 1.29 is 23.9 Å². The van der Waals surface area contributed by atoms with Crippen LogP contribution in [-0.4, -0.2) is 35.8 Å². The summed E-state index contributed by atoms with van der Waals surface area (Å²) in [6, 6.07) is 21.4. The highest BCUT2D eigenvalue weighted by Crippen LogP contribution is 2.23. The third kappa shape index (κ3) is 4.33. The number of imide groups is 1. The van der Waals surface area contributed by atoms with E-state index in [1.165, 1.54) is 0 Å². The molecule has 1 heterocycles. The lowest BCUT2D eigenvalue weighted by molar-refractivity contribution is 0.0416. The fraction of sp³-hybridized carbons (Fsp3) is 0.160. The monoisotopic (exact) mass is 415 g/mol. The molecule has 0 bridgehead atoms. The molecule has 0 N–H and O–H groups in total. The number of esters is 1.